The fourth-order valence-electron chi connectivity index (χ4n) is 2.95. The van der Waals surface area contributed by atoms with Crippen molar-refractivity contribution in [1.82, 2.24) is 4.31 Å². The largest absolute Gasteiger partial charge is 0.494 e. The summed E-state index contributed by atoms with van der Waals surface area (Å²) in [5, 5.41) is 13.5. The van der Waals surface area contributed by atoms with Crippen molar-refractivity contribution in [1.29, 1.82) is 0 Å². The third-order valence-electron chi connectivity index (χ3n) is 4.27. The highest BCUT2D eigenvalue weighted by molar-refractivity contribution is 7.91. The van der Waals surface area contributed by atoms with Gasteiger partial charge in [0.1, 0.15) is 16.0 Å². The monoisotopic (exact) mass is 445 g/mol. The van der Waals surface area contributed by atoms with Gasteiger partial charge in [0.25, 0.3) is 15.7 Å². The van der Waals surface area contributed by atoms with E-state index in [2.05, 4.69) is 5.32 Å². The molecule has 1 aliphatic heterocycles. The average molecular weight is 446 g/mol. The second-order valence-electron chi connectivity index (χ2n) is 5.96. The van der Waals surface area contributed by atoms with Gasteiger partial charge in [-0.3, -0.25) is 14.9 Å². The number of thiophene rings is 1. The first-order valence-corrected chi connectivity index (χ1v) is 10.8. The van der Waals surface area contributed by atoms with Crippen molar-refractivity contribution in [3.8, 4) is 5.75 Å². The number of hydrogen-bond acceptors (Lipinski definition) is 7. The third kappa shape index (κ3) is 3.97. The highest BCUT2D eigenvalue weighted by atomic mass is 35.5. The first kappa shape index (κ1) is 20.5. The maximum Gasteiger partial charge on any atom is 0.273 e. The van der Waals surface area contributed by atoms with Crippen molar-refractivity contribution in [3.63, 3.8) is 0 Å². The molecule has 3 rings (SSSR count). The van der Waals surface area contributed by atoms with Crippen LogP contribution in [0, 0.1) is 10.1 Å². The van der Waals surface area contributed by atoms with Gasteiger partial charge < -0.3 is 10.1 Å². The predicted molar refractivity (Wildman–Crippen MR) is 105 cm³/mol. The number of sulfonamides is 1. The van der Waals surface area contributed by atoms with Crippen LogP contribution in [0.25, 0.3) is 0 Å². The minimum absolute atomic E-state index is 0.0742. The molecule has 28 heavy (non-hydrogen) atoms. The van der Waals surface area contributed by atoms with Crippen molar-refractivity contribution in [2.45, 2.75) is 23.1 Å². The van der Waals surface area contributed by atoms with E-state index in [9.17, 15) is 23.3 Å². The zero-order valence-corrected chi connectivity index (χ0v) is 17.0. The van der Waals surface area contributed by atoms with E-state index in [1.54, 1.807) is 0 Å². The normalized spacial score (nSPS) is 17.4. The highest BCUT2D eigenvalue weighted by Crippen LogP contribution is 2.34. The number of amides is 1. The molecule has 0 radical (unpaired) electrons. The fourth-order valence-corrected chi connectivity index (χ4v) is 6.22. The van der Waals surface area contributed by atoms with Gasteiger partial charge in [0, 0.05) is 12.6 Å². The Morgan fingerprint density at radius 1 is 1.39 bits per heavy atom. The molecule has 0 bridgehead atoms. The van der Waals surface area contributed by atoms with E-state index >= 15 is 0 Å². The zero-order valence-electron chi connectivity index (χ0n) is 14.6. The molecule has 2 heterocycles. The lowest BCUT2D eigenvalue weighted by atomic mass is 10.2. The number of methoxy groups -OCH3 is 1. The zero-order chi connectivity index (χ0) is 20.5. The number of rotatable bonds is 6. The van der Waals surface area contributed by atoms with Gasteiger partial charge in [-0.2, -0.15) is 4.31 Å². The number of non-ortho nitro benzene ring substituents is 1. The summed E-state index contributed by atoms with van der Waals surface area (Å²) >= 11 is 6.77. The lowest BCUT2D eigenvalue weighted by molar-refractivity contribution is -0.384. The van der Waals surface area contributed by atoms with Crippen LogP contribution in [0.1, 0.15) is 12.8 Å². The third-order valence-corrected chi connectivity index (χ3v) is 7.88. The van der Waals surface area contributed by atoms with E-state index in [0.29, 0.717) is 17.2 Å². The molecule has 9 nitrogen and oxygen atoms in total. The summed E-state index contributed by atoms with van der Waals surface area (Å²) in [5.74, 6) is -0.420. The highest BCUT2D eigenvalue weighted by Gasteiger charge is 2.40. The van der Waals surface area contributed by atoms with Crippen LogP contribution in [0.5, 0.6) is 5.75 Å². The number of nitro benzene ring substituents is 1. The Balaban J connectivity index is 1.83. The van der Waals surface area contributed by atoms with Crippen molar-refractivity contribution < 1.29 is 22.9 Å². The number of carbonyl (C=O) groups is 1. The van der Waals surface area contributed by atoms with Crippen LogP contribution in [0.4, 0.5) is 11.4 Å². The average Bonchev–Trinajstić information content (AvgIpc) is 3.31. The second-order valence-corrected chi connectivity index (χ2v) is 9.80. The van der Waals surface area contributed by atoms with Gasteiger partial charge in [0.05, 0.1) is 28.1 Å². The Morgan fingerprint density at radius 3 is 2.75 bits per heavy atom. The Morgan fingerprint density at radius 2 is 2.14 bits per heavy atom. The van der Waals surface area contributed by atoms with Crippen LogP contribution in [-0.2, 0) is 14.8 Å². The summed E-state index contributed by atoms with van der Waals surface area (Å²) in [7, 11) is -2.53. The van der Waals surface area contributed by atoms with E-state index in [0.717, 1.165) is 15.6 Å². The molecule has 1 amide bonds. The summed E-state index contributed by atoms with van der Waals surface area (Å²) in [6.07, 6.45) is 0.896. The summed E-state index contributed by atoms with van der Waals surface area (Å²) in [5.41, 5.74) is 0.0380. The van der Waals surface area contributed by atoms with Crippen LogP contribution >= 0.6 is 22.9 Å². The molecular formula is C16H16ClN3O6S2. The number of nitro groups is 1. The van der Waals surface area contributed by atoms with Crippen molar-refractivity contribution in [2.75, 3.05) is 19.0 Å². The van der Waals surface area contributed by atoms with Gasteiger partial charge in [-0.05, 0) is 31.0 Å². The summed E-state index contributed by atoms with van der Waals surface area (Å²) in [6.45, 7) is 0.216. The number of nitrogens with zero attached hydrogens (tertiary/aromatic N) is 2. The summed E-state index contributed by atoms with van der Waals surface area (Å²) < 4.78 is 32.4. The Hall–Kier alpha value is -2.21. The maximum atomic E-state index is 12.9. The van der Waals surface area contributed by atoms with Gasteiger partial charge in [-0.15, -0.1) is 11.3 Å². The Kier molecular flexibility index (Phi) is 5.89. The molecule has 1 aromatic heterocycles. The number of carbonyl (C=O) groups excluding carboxylic acids is 1. The maximum absolute atomic E-state index is 12.9. The van der Waals surface area contributed by atoms with Crippen LogP contribution in [0.2, 0.25) is 4.34 Å². The quantitative estimate of drug-likeness (QED) is 0.539. The van der Waals surface area contributed by atoms with Crippen LogP contribution < -0.4 is 10.1 Å². The number of benzene rings is 1. The molecule has 1 aliphatic rings. The van der Waals surface area contributed by atoms with Gasteiger partial charge in [-0.1, -0.05) is 11.6 Å². The number of ether oxygens (including phenoxy) is 1. The SMILES string of the molecule is COc1cc([N+](=O)[O-])ccc1NC(=O)[C@H]1CCCN1S(=O)(=O)c1ccc(Cl)s1. The Bertz CT molecular complexity index is 1020. The number of hydrogen-bond donors (Lipinski definition) is 1. The lowest BCUT2D eigenvalue weighted by Crippen LogP contribution is -2.42. The molecule has 1 aromatic carbocycles. The molecule has 2 aromatic rings. The van der Waals surface area contributed by atoms with Crippen molar-refractivity contribution in [3.05, 3.63) is 44.8 Å². The van der Waals surface area contributed by atoms with Gasteiger partial charge >= 0.3 is 0 Å². The Labute approximate surface area is 170 Å². The number of nitrogens with one attached hydrogen (secondary N) is 1. The molecule has 0 aliphatic carbocycles. The topological polar surface area (TPSA) is 119 Å². The molecule has 0 unspecified atom stereocenters. The van der Waals surface area contributed by atoms with Gasteiger partial charge in [-0.25, -0.2) is 8.42 Å². The number of anilines is 1. The van der Waals surface area contributed by atoms with Crippen LogP contribution in [0.3, 0.4) is 0 Å². The summed E-state index contributed by atoms with van der Waals surface area (Å²) in [4.78, 5) is 23.1. The van der Waals surface area contributed by atoms with Crippen molar-refractivity contribution >= 4 is 50.2 Å². The molecular weight excluding hydrogens is 430 g/mol. The minimum atomic E-state index is -3.85. The van der Waals surface area contributed by atoms with E-state index in [-0.39, 0.29) is 27.9 Å². The number of halogens is 1. The molecule has 1 N–H and O–H groups in total. The van der Waals surface area contributed by atoms with Gasteiger partial charge in [0.2, 0.25) is 5.91 Å². The van der Waals surface area contributed by atoms with Crippen LogP contribution in [0.15, 0.2) is 34.5 Å². The second kappa shape index (κ2) is 8.03. The predicted octanol–water partition coefficient (Wildman–Crippen LogP) is 3.11. The molecule has 0 saturated carbocycles. The van der Waals surface area contributed by atoms with E-state index in [1.165, 1.54) is 37.4 Å². The smallest absolute Gasteiger partial charge is 0.273 e. The minimum Gasteiger partial charge on any atom is -0.494 e. The molecule has 150 valence electrons. The standard InChI is InChI=1S/C16H16ClN3O6S2/c1-26-13-9-10(20(22)23)4-5-11(13)18-16(21)12-3-2-8-19(12)28(24,25)15-7-6-14(17)27-15/h4-7,9,12H,2-3,8H2,1H3,(H,18,21)/t12-/m1/s1. The summed E-state index contributed by atoms with van der Waals surface area (Å²) in [6, 6.07) is 5.77. The first-order chi connectivity index (χ1) is 13.2. The van der Waals surface area contributed by atoms with Crippen molar-refractivity contribution in [2.24, 2.45) is 0 Å². The first-order valence-electron chi connectivity index (χ1n) is 8.14. The van der Waals surface area contributed by atoms with Gasteiger partial charge in [0.15, 0.2) is 0 Å². The van der Waals surface area contributed by atoms with E-state index in [1.807, 2.05) is 0 Å². The lowest BCUT2D eigenvalue weighted by Gasteiger charge is -2.23. The van der Waals surface area contributed by atoms with E-state index < -0.39 is 26.9 Å². The molecule has 0 spiro atoms. The molecule has 12 heteroatoms. The molecule has 1 saturated heterocycles. The molecule has 1 atom stereocenters. The van der Waals surface area contributed by atoms with E-state index in [4.69, 9.17) is 16.3 Å². The molecule has 1 fully saturated rings. The van der Waals surface area contributed by atoms with Crippen LogP contribution in [-0.4, -0.2) is 43.2 Å². The fraction of sp³-hybridized carbons (Fsp3) is 0.312.